The van der Waals surface area contributed by atoms with Crippen LogP contribution in [-0.2, 0) is 11.2 Å². The van der Waals surface area contributed by atoms with Gasteiger partial charge < -0.3 is 0 Å². The van der Waals surface area contributed by atoms with Crippen LogP contribution in [0.15, 0.2) is 29.8 Å². The third-order valence-electron chi connectivity index (χ3n) is 3.24. The quantitative estimate of drug-likeness (QED) is 0.742. The highest BCUT2D eigenvalue weighted by atomic mass is 19.1. The number of hydrogen-bond donors (Lipinski definition) is 0. The van der Waals surface area contributed by atoms with Crippen molar-refractivity contribution < 1.29 is 13.6 Å². The fraction of sp³-hybridized carbons (Fsp3) is 0.400. The van der Waals surface area contributed by atoms with Crippen LogP contribution in [0.4, 0.5) is 8.78 Å². The molecule has 0 heterocycles. The van der Waals surface area contributed by atoms with E-state index in [9.17, 15) is 13.6 Å². The summed E-state index contributed by atoms with van der Waals surface area (Å²) in [5.74, 6) is -1.36. The first-order valence-electron chi connectivity index (χ1n) is 6.31. The molecule has 0 N–H and O–H groups in total. The Bertz CT molecular complexity index is 469. The van der Waals surface area contributed by atoms with E-state index in [0.29, 0.717) is 0 Å². The summed E-state index contributed by atoms with van der Waals surface area (Å²) in [7, 11) is 0. The molecule has 0 aliphatic heterocycles. The van der Waals surface area contributed by atoms with E-state index in [1.807, 2.05) is 0 Å². The maximum Gasteiger partial charge on any atom is 0.160 e. The van der Waals surface area contributed by atoms with Crippen LogP contribution < -0.4 is 0 Å². The van der Waals surface area contributed by atoms with Crippen molar-refractivity contribution in [1.82, 2.24) is 0 Å². The van der Waals surface area contributed by atoms with E-state index in [2.05, 4.69) is 0 Å². The molecule has 1 nitrogen and oxygen atoms in total. The first-order chi connectivity index (χ1) is 8.65. The van der Waals surface area contributed by atoms with E-state index in [1.165, 1.54) is 18.6 Å². The lowest BCUT2D eigenvalue weighted by Crippen LogP contribution is -2.04. The SMILES string of the molecule is O=C(C=C1CCCCC1)Cc1ccc(F)cc1F. The third-order valence-corrected chi connectivity index (χ3v) is 3.24. The summed E-state index contributed by atoms with van der Waals surface area (Å²) in [5, 5.41) is 0. The molecule has 0 amide bonds. The summed E-state index contributed by atoms with van der Waals surface area (Å²) in [6.07, 6.45) is 7.07. The number of ketones is 1. The molecule has 0 bridgehead atoms. The second-order valence-electron chi connectivity index (χ2n) is 4.74. The molecule has 1 saturated carbocycles. The second kappa shape index (κ2) is 5.89. The van der Waals surface area contributed by atoms with E-state index in [4.69, 9.17) is 0 Å². The monoisotopic (exact) mass is 250 g/mol. The van der Waals surface area contributed by atoms with Crippen molar-refractivity contribution in [3.63, 3.8) is 0 Å². The number of hydrogen-bond acceptors (Lipinski definition) is 1. The number of allylic oxidation sites excluding steroid dienone is 2. The minimum Gasteiger partial charge on any atom is -0.294 e. The molecule has 1 fully saturated rings. The molecule has 96 valence electrons. The number of benzene rings is 1. The topological polar surface area (TPSA) is 17.1 Å². The van der Waals surface area contributed by atoms with Gasteiger partial charge in [0.1, 0.15) is 11.6 Å². The Morgan fingerprint density at radius 2 is 1.89 bits per heavy atom. The largest absolute Gasteiger partial charge is 0.294 e. The molecule has 1 aliphatic carbocycles. The maximum absolute atomic E-state index is 13.4. The average molecular weight is 250 g/mol. The van der Waals surface area contributed by atoms with Crippen molar-refractivity contribution in [3.05, 3.63) is 47.0 Å². The molecule has 0 radical (unpaired) electrons. The summed E-state index contributed by atoms with van der Waals surface area (Å²) >= 11 is 0. The third kappa shape index (κ3) is 3.49. The lowest BCUT2D eigenvalue weighted by molar-refractivity contribution is -0.114. The predicted octanol–water partition coefficient (Wildman–Crippen LogP) is 3.97. The highest BCUT2D eigenvalue weighted by Gasteiger charge is 2.10. The van der Waals surface area contributed by atoms with E-state index in [0.717, 1.165) is 37.3 Å². The van der Waals surface area contributed by atoms with Crippen molar-refractivity contribution in [2.75, 3.05) is 0 Å². The van der Waals surface area contributed by atoms with Crippen LogP contribution in [0.1, 0.15) is 37.7 Å². The van der Waals surface area contributed by atoms with Gasteiger partial charge in [0.25, 0.3) is 0 Å². The van der Waals surface area contributed by atoms with Crippen molar-refractivity contribution >= 4 is 5.78 Å². The molecule has 0 aromatic heterocycles. The predicted molar refractivity (Wildman–Crippen MR) is 66.2 cm³/mol. The Kier molecular flexibility index (Phi) is 4.24. The molecule has 0 unspecified atom stereocenters. The highest BCUT2D eigenvalue weighted by molar-refractivity contribution is 5.92. The smallest absolute Gasteiger partial charge is 0.160 e. The Morgan fingerprint density at radius 3 is 2.56 bits per heavy atom. The molecule has 18 heavy (non-hydrogen) atoms. The number of rotatable bonds is 3. The van der Waals surface area contributed by atoms with Crippen LogP contribution in [0.3, 0.4) is 0 Å². The summed E-state index contributed by atoms with van der Waals surface area (Å²) < 4.78 is 26.1. The van der Waals surface area contributed by atoms with E-state index in [1.54, 1.807) is 6.08 Å². The van der Waals surface area contributed by atoms with E-state index in [-0.39, 0.29) is 17.8 Å². The van der Waals surface area contributed by atoms with Crippen LogP contribution in [0.2, 0.25) is 0 Å². The lowest BCUT2D eigenvalue weighted by Gasteiger charge is -2.12. The Hall–Kier alpha value is -1.51. The van der Waals surface area contributed by atoms with Gasteiger partial charge in [-0.2, -0.15) is 0 Å². The fourth-order valence-corrected chi connectivity index (χ4v) is 2.28. The van der Waals surface area contributed by atoms with Crippen molar-refractivity contribution in [2.45, 2.75) is 38.5 Å². The molecular formula is C15H16F2O. The van der Waals surface area contributed by atoms with Gasteiger partial charge in [0, 0.05) is 12.5 Å². The molecule has 0 spiro atoms. The molecule has 0 saturated heterocycles. The minimum atomic E-state index is -0.648. The van der Waals surface area contributed by atoms with Gasteiger partial charge in [-0.05, 0) is 43.4 Å². The summed E-state index contributed by atoms with van der Waals surface area (Å²) in [4.78, 5) is 11.8. The van der Waals surface area contributed by atoms with Gasteiger partial charge in [-0.3, -0.25) is 4.79 Å². The fourth-order valence-electron chi connectivity index (χ4n) is 2.28. The van der Waals surface area contributed by atoms with Crippen molar-refractivity contribution in [3.8, 4) is 0 Å². The highest BCUT2D eigenvalue weighted by Crippen LogP contribution is 2.23. The minimum absolute atomic E-state index is 0.00954. The molecular weight excluding hydrogens is 234 g/mol. The second-order valence-corrected chi connectivity index (χ2v) is 4.74. The van der Waals surface area contributed by atoms with Crippen LogP contribution >= 0.6 is 0 Å². The van der Waals surface area contributed by atoms with E-state index < -0.39 is 11.6 Å². The van der Waals surface area contributed by atoms with Gasteiger partial charge in [0.05, 0.1) is 0 Å². The zero-order valence-corrected chi connectivity index (χ0v) is 10.2. The number of carbonyl (C=O) groups excluding carboxylic acids is 1. The first-order valence-corrected chi connectivity index (χ1v) is 6.31. The van der Waals surface area contributed by atoms with Gasteiger partial charge in [-0.1, -0.05) is 18.1 Å². The first kappa shape index (κ1) is 12.9. The van der Waals surface area contributed by atoms with Crippen molar-refractivity contribution in [1.29, 1.82) is 0 Å². The van der Waals surface area contributed by atoms with Gasteiger partial charge in [-0.15, -0.1) is 0 Å². The lowest BCUT2D eigenvalue weighted by atomic mass is 9.93. The van der Waals surface area contributed by atoms with Crippen molar-refractivity contribution in [2.24, 2.45) is 0 Å². The zero-order chi connectivity index (χ0) is 13.0. The molecule has 3 heteroatoms. The zero-order valence-electron chi connectivity index (χ0n) is 10.2. The Balaban J connectivity index is 2.02. The van der Waals surface area contributed by atoms with Gasteiger partial charge >= 0.3 is 0 Å². The van der Waals surface area contributed by atoms with Crippen LogP contribution in [0.5, 0.6) is 0 Å². The van der Waals surface area contributed by atoms with E-state index >= 15 is 0 Å². The van der Waals surface area contributed by atoms with Gasteiger partial charge in [0.15, 0.2) is 5.78 Å². The number of halogens is 2. The molecule has 1 aromatic rings. The molecule has 0 atom stereocenters. The Labute approximate surface area is 106 Å². The normalized spacial score (nSPS) is 15.6. The Morgan fingerprint density at radius 1 is 1.17 bits per heavy atom. The molecule has 1 aromatic carbocycles. The molecule has 2 rings (SSSR count). The maximum atomic E-state index is 13.4. The standard InChI is InChI=1S/C15H16F2O/c16-13-7-6-12(15(17)10-13)9-14(18)8-11-4-2-1-3-5-11/h6-8,10H,1-5,9H2. The summed E-state index contributed by atoms with van der Waals surface area (Å²) in [5.41, 5.74) is 1.42. The average Bonchev–Trinajstić information content (AvgIpc) is 2.34. The number of carbonyl (C=O) groups is 1. The summed E-state index contributed by atoms with van der Waals surface area (Å²) in [6, 6.07) is 3.33. The van der Waals surface area contributed by atoms with Gasteiger partial charge in [-0.25, -0.2) is 8.78 Å². The van der Waals surface area contributed by atoms with Crippen LogP contribution in [0, 0.1) is 11.6 Å². The molecule has 1 aliphatic rings. The van der Waals surface area contributed by atoms with Crippen LogP contribution in [0.25, 0.3) is 0 Å². The van der Waals surface area contributed by atoms with Crippen LogP contribution in [-0.4, -0.2) is 5.78 Å². The summed E-state index contributed by atoms with van der Waals surface area (Å²) in [6.45, 7) is 0. The van der Waals surface area contributed by atoms with Gasteiger partial charge in [0.2, 0.25) is 0 Å².